The Morgan fingerprint density at radius 3 is 1.84 bits per heavy atom. The zero-order chi connectivity index (χ0) is 28.3. The Kier molecular flexibility index (Phi) is 18.2. The fourth-order valence-corrected chi connectivity index (χ4v) is 5.55. The van der Waals surface area contributed by atoms with Gasteiger partial charge in [0, 0.05) is 56.4 Å². The van der Waals surface area contributed by atoms with Crippen LogP contribution in [-0.2, 0) is 46.7 Å². The molecule has 0 bridgehead atoms. The zero-order valence-electron chi connectivity index (χ0n) is 22.9. The van der Waals surface area contributed by atoms with Crippen LogP contribution in [0.4, 0.5) is 0 Å². The van der Waals surface area contributed by atoms with Gasteiger partial charge in [-0.3, -0.25) is 9.59 Å². The summed E-state index contributed by atoms with van der Waals surface area (Å²) in [4.78, 5) is 47.6. The first-order valence-corrected chi connectivity index (χ1v) is 14.5. The van der Waals surface area contributed by atoms with E-state index >= 15 is 0 Å². The average molecular weight is 546 g/mol. The lowest BCUT2D eigenvalue weighted by Gasteiger charge is -2.28. The second-order valence-corrected chi connectivity index (χ2v) is 10.9. The molecule has 0 rings (SSSR count). The van der Waals surface area contributed by atoms with Crippen LogP contribution in [-0.4, -0.2) is 78.3 Å². The monoisotopic (exact) mass is 545 g/mol. The van der Waals surface area contributed by atoms with E-state index in [0.29, 0.717) is 38.8 Å². The second kappa shape index (κ2) is 19.6. The van der Waals surface area contributed by atoms with Crippen molar-refractivity contribution in [3.63, 3.8) is 0 Å². The molecule has 0 spiro atoms. The van der Waals surface area contributed by atoms with Crippen LogP contribution in [0, 0.1) is 0 Å². The molecule has 212 valence electrons. The number of rotatable bonds is 21. The van der Waals surface area contributed by atoms with Gasteiger partial charge in [0.25, 0.3) is 0 Å². The number of hydrogen-bond acceptors (Lipinski definition) is 10. The summed E-state index contributed by atoms with van der Waals surface area (Å²) in [5, 5.41) is 2.82. The number of esters is 3. The maximum Gasteiger partial charge on any atom is 0.500 e. The predicted molar refractivity (Wildman–Crippen MR) is 138 cm³/mol. The lowest BCUT2D eigenvalue weighted by Crippen LogP contribution is -2.46. The Balaban J connectivity index is 4.42. The van der Waals surface area contributed by atoms with Gasteiger partial charge in [0.15, 0.2) is 6.10 Å². The Hall–Kier alpha value is -2.54. The summed E-state index contributed by atoms with van der Waals surface area (Å²) in [5.74, 6) is -2.12. The van der Waals surface area contributed by atoms with Gasteiger partial charge in [-0.05, 0) is 47.5 Å². The minimum absolute atomic E-state index is 0.00479. The van der Waals surface area contributed by atoms with Crippen LogP contribution in [0.2, 0.25) is 6.04 Å². The highest BCUT2D eigenvalue weighted by molar-refractivity contribution is 6.60. The molecule has 0 aromatic heterocycles. The number of ether oxygens (including phenoxy) is 3. The van der Waals surface area contributed by atoms with Gasteiger partial charge in [-0.25, -0.2) is 9.59 Å². The molecule has 0 saturated carbocycles. The van der Waals surface area contributed by atoms with Gasteiger partial charge in [0.1, 0.15) is 13.2 Å². The van der Waals surface area contributed by atoms with Crippen molar-refractivity contribution in [3.8, 4) is 0 Å². The molecule has 0 aliphatic carbocycles. The van der Waals surface area contributed by atoms with Gasteiger partial charge in [0.05, 0.1) is 0 Å². The summed E-state index contributed by atoms with van der Waals surface area (Å²) in [6.45, 7) is 16.9. The predicted octanol–water partition coefficient (Wildman–Crippen LogP) is 2.86. The topological polar surface area (TPSA) is 136 Å². The molecule has 1 amide bonds. The van der Waals surface area contributed by atoms with Gasteiger partial charge in [0.2, 0.25) is 5.91 Å². The van der Waals surface area contributed by atoms with E-state index in [9.17, 15) is 19.2 Å². The van der Waals surface area contributed by atoms with Crippen LogP contribution in [0.25, 0.3) is 0 Å². The lowest BCUT2D eigenvalue weighted by atomic mass is 10.2. The molecule has 0 radical (unpaired) electrons. The number of nitrogens with one attached hydrogen (secondary N) is 1. The van der Waals surface area contributed by atoms with E-state index in [0.717, 1.165) is 0 Å². The van der Waals surface area contributed by atoms with E-state index < -0.39 is 32.8 Å². The summed E-state index contributed by atoms with van der Waals surface area (Å²) < 4.78 is 32.6. The maximum absolute atomic E-state index is 12.1. The average Bonchev–Trinajstić information content (AvgIpc) is 2.83. The molecule has 1 N–H and O–H groups in total. The number of hydrogen-bond donors (Lipinski definition) is 1. The fourth-order valence-electron chi connectivity index (χ4n) is 2.93. The minimum atomic E-state index is -2.74. The van der Waals surface area contributed by atoms with Gasteiger partial charge in [-0.1, -0.05) is 13.2 Å². The van der Waals surface area contributed by atoms with Gasteiger partial charge in [-0.2, -0.15) is 0 Å². The summed E-state index contributed by atoms with van der Waals surface area (Å²) >= 11 is 0. The third-order valence-electron chi connectivity index (χ3n) is 4.66. The largest absolute Gasteiger partial charge is 0.500 e. The van der Waals surface area contributed by atoms with E-state index in [1.807, 2.05) is 20.8 Å². The molecule has 11 nitrogen and oxygen atoms in total. The van der Waals surface area contributed by atoms with Crippen LogP contribution in [0.3, 0.4) is 0 Å². The first-order valence-electron chi connectivity index (χ1n) is 12.5. The molecule has 0 aliphatic heterocycles. The number of carbonyl (C=O) groups excluding carboxylic acids is 4. The highest BCUT2D eigenvalue weighted by Crippen LogP contribution is 2.17. The summed E-state index contributed by atoms with van der Waals surface area (Å²) in [5.41, 5.74) is 0.329. The molecule has 1 unspecified atom stereocenters. The second-order valence-electron chi connectivity index (χ2n) is 8.16. The molecule has 12 heteroatoms. The normalized spacial score (nSPS) is 11.8. The van der Waals surface area contributed by atoms with Crippen molar-refractivity contribution >= 4 is 32.6 Å². The Bertz CT molecular complexity index is 754. The molecule has 0 aromatic rings. The third kappa shape index (κ3) is 16.0. The maximum atomic E-state index is 12.1. The smallest absolute Gasteiger partial charge is 0.462 e. The Morgan fingerprint density at radius 2 is 1.32 bits per heavy atom. The van der Waals surface area contributed by atoms with Crippen molar-refractivity contribution in [2.75, 3.05) is 39.6 Å². The quantitative estimate of drug-likeness (QED) is 0.0754. The van der Waals surface area contributed by atoms with Crippen LogP contribution in [0.5, 0.6) is 0 Å². The van der Waals surface area contributed by atoms with E-state index in [2.05, 4.69) is 18.5 Å². The fraction of sp³-hybridized carbons (Fsp3) is 0.680. The lowest BCUT2D eigenvalue weighted by molar-refractivity contribution is -0.163. The molecule has 0 fully saturated rings. The molecular formula is C25H43NO10Si. The summed E-state index contributed by atoms with van der Waals surface area (Å²) in [6.07, 6.45) is 0.0568. The zero-order valence-corrected chi connectivity index (χ0v) is 23.9. The van der Waals surface area contributed by atoms with Crippen LogP contribution >= 0.6 is 0 Å². The van der Waals surface area contributed by atoms with Crippen LogP contribution in [0.1, 0.15) is 60.3 Å². The van der Waals surface area contributed by atoms with Gasteiger partial charge >= 0.3 is 26.7 Å². The van der Waals surface area contributed by atoms with E-state index in [1.165, 1.54) is 13.8 Å². The molecule has 1 atom stereocenters. The van der Waals surface area contributed by atoms with Crippen molar-refractivity contribution in [2.45, 2.75) is 72.5 Å². The number of amides is 1. The molecule has 0 aromatic carbocycles. The molecular weight excluding hydrogens is 502 g/mol. The standard InChI is InChI=1S/C25H43NO10Si/c1-8-33-37(34-9-2,35-10-3)16-12-15-26-22(27)13-11-14-23(28)31-17-21(36-25(30)20(6)7)18-32-24(29)19(4)5/h21H,4,6,8-18H2,1-3,5,7H3,(H,26,27). The van der Waals surface area contributed by atoms with Gasteiger partial charge < -0.3 is 32.8 Å². The molecule has 0 saturated heterocycles. The summed E-state index contributed by atoms with van der Waals surface area (Å²) in [6, 6.07) is 0.591. The van der Waals surface area contributed by atoms with Crippen molar-refractivity contribution in [3.05, 3.63) is 24.3 Å². The Labute approximate surface area is 221 Å². The minimum Gasteiger partial charge on any atom is -0.462 e. The third-order valence-corrected chi connectivity index (χ3v) is 7.81. The van der Waals surface area contributed by atoms with E-state index in [-0.39, 0.29) is 49.5 Å². The van der Waals surface area contributed by atoms with Crippen molar-refractivity contribution < 1.29 is 46.7 Å². The molecule has 37 heavy (non-hydrogen) atoms. The highest BCUT2D eigenvalue weighted by Gasteiger charge is 2.39. The van der Waals surface area contributed by atoms with Gasteiger partial charge in [-0.15, -0.1) is 0 Å². The van der Waals surface area contributed by atoms with E-state index in [4.69, 9.17) is 27.5 Å². The van der Waals surface area contributed by atoms with Crippen LogP contribution in [0.15, 0.2) is 24.3 Å². The van der Waals surface area contributed by atoms with E-state index in [1.54, 1.807) is 0 Å². The highest BCUT2D eigenvalue weighted by atomic mass is 28.4. The van der Waals surface area contributed by atoms with Crippen molar-refractivity contribution in [1.29, 1.82) is 0 Å². The summed E-state index contributed by atoms with van der Waals surface area (Å²) in [7, 11) is -2.74. The SMILES string of the molecule is C=C(C)C(=O)OCC(COC(=O)CCCC(=O)NCCC[Si](OCC)(OCC)OCC)OC(=O)C(=C)C. The molecule has 0 heterocycles. The number of carbonyl (C=O) groups is 4. The van der Waals surface area contributed by atoms with Crippen LogP contribution < -0.4 is 5.32 Å². The van der Waals surface area contributed by atoms with Crippen molar-refractivity contribution in [1.82, 2.24) is 5.32 Å². The first kappa shape index (κ1) is 34.5. The Morgan fingerprint density at radius 1 is 0.784 bits per heavy atom. The van der Waals surface area contributed by atoms with Crippen molar-refractivity contribution in [2.24, 2.45) is 0 Å². The first-order chi connectivity index (χ1) is 17.5. The molecule has 0 aliphatic rings.